The molecule has 102 valence electrons. The summed E-state index contributed by atoms with van der Waals surface area (Å²) in [6.45, 7) is 0. The van der Waals surface area contributed by atoms with Crippen LogP contribution in [-0.2, 0) is 14.4 Å². The Bertz CT molecular complexity index is 471. The fourth-order valence-electron chi connectivity index (χ4n) is 1.20. The van der Waals surface area contributed by atoms with Crippen LogP contribution in [0.25, 0.3) is 0 Å². The first-order valence-corrected chi connectivity index (χ1v) is 5.33. The van der Waals surface area contributed by atoms with Crippen molar-refractivity contribution in [2.45, 2.75) is 18.9 Å². The van der Waals surface area contributed by atoms with Crippen LogP contribution in [0.2, 0.25) is 0 Å². The first-order chi connectivity index (χ1) is 9.08. The first-order valence-electron chi connectivity index (χ1n) is 5.33. The molecule has 0 bridgehead atoms. The third-order valence-corrected chi connectivity index (χ3v) is 2.19. The van der Waals surface area contributed by atoms with Crippen molar-refractivity contribution in [3.05, 3.63) is 5.82 Å². The molecule has 1 aromatic rings. The topological polar surface area (TPSA) is 147 Å². The smallest absolute Gasteiger partial charge is 0.293 e. The van der Waals surface area contributed by atoms with Gasteiger partial charge in [0, 0.05) is 13.5 Å². The van der Waals surface area contributed by atoms with Crippen LogP contribution in [0.15, 0.2) is 0 Å². The number of aromatic nitrogens is 4. The van der Waals surface area contributed by atoms with Gasteiger partial charge in [-0.2, -0.15) is 5.21 Å². The molecule has 0 saturated heterocycles. The summed E-state index contributed by atoms with van der Waals surface area (Å²) in [5.74, 6) is -2.32. The Labute approximate surface area is 107 Å². The van der Waals surface area contributed by atoms with Gasteiger partial charge in [0.25, 0.3) is 17.6 Å². The second-order valence-electron chi connectivity index (χ2n) is 3.49. The number of carbonyl (C=O) groups is 4. The quantitative estimate of drug-likeness (QED) is 0.368. The van der Waals surface area contributed by atoms with Crippen LogP contribution in [0.5, 0.6) is 0 Å². The van der Waals surface area contributed by atoms with Crippen LogP contribution in [-0.4, -0.2) is 57.6 Å². The van der Waals surface area contributed by atoms with Crippen molar-refractivity contribution < 1.29 is 19.2 Å². The van der Waals surface area contributed by atoms with E-state index in [4.69, 9.17) is 0 Å². The zero-order chi connectivity index (χ0) is 14.3. The van der Waals surface area contributed by atoms with Gasteiger partial charge in [0.2, 0.25) is 5.78 Å². The van der Waals surface area contributed by atoms with E-state index in [1.165, 1.54) is 7.05 Å². The number of rotatable bonds is 7. The van der Waals surface area contributed by atoms with E-state index in [-0.39, 0.29) is 18.7 Å². The Morgan fingerprint density at radius 3 is 2.68 bits per heavy atom. The molecular formula is C9H12N6O4. The molecule has 0 spiro atoms. The third kappa shape index (κ3) is 4.26. The number of aromatic amines is 1. The van der Waals surface area contributed by atoms with Crippen LogP contribution in [0.3, 0.4) is 0 Å². The van der Waals surface area contributed by atoms with Crippen molar-refractivity contribution in [2.24, 2.45) is 0 Å². The Morgan fingerprint density at radius 2 is 2.16 bits per heavy atom. The molecule has 0 aliphatic carbocycles. The molecule has 19 heavy (non-hydrogen) atoms. The van der Waals surface area contributed by atoms with E-state index < -0.39 is 23.6 Å². The SMILES string of the molecule is CNC(=O)C(=O)CC[C@@H](C=O)NC(=O)c1nn[nH]n1. The van der Waals surface area contributed by atoms with Gasteiger partial charge in [-0.3, -0.25) is 14.4 Å². The summed E-state index contributed by atoms with van der Waals surface area (Å²) in [4.78, 5) is 44.4. The van der Waals surface area contributed by atoms with Crippen molar-refractivity contribution in [3.8, 4) is 0 Å². The van der Waals surface area contributed by atoms with Gasteiger partial charge in [-0.15, -0.1) is 10.2 Å². The minimum Gasteiger partial charge on any atom is -0.353 e. The molecule has 1 atom stereocenters. The molecule has 0 radical (unpaired) electrons. The van der Waals surface area contributed by atoms with Crippen LogP contribution < -0.4 is 10.6 Å². The molecule has 1 aromatic heterocycles. The second-order valence-corrected chi connectivity index (χ2v) is 3.49. The van der Waals surface area contributed by atoms with Gasteiger partial charge in [-0.1, -0.05) is 0 Å². The highest BCUT2D eigenvalue weighted by molar-refractivity contribution is 6.36. The van der Waals surface area contributed by atoms with E-state index in [1.807, 2.05) is 0 Å². The van der Waals surface area contributed by atoms with Crippen LogP contribution in [0.4, 0.5) is 0 Å². The van der Waals surface area contributed by atoms with Gasteiger partial charge < -0.3 is 15.4 Å². The molecular weight excluding hydrogens is 256 g/mol. The standard InChI is InChI=1S/C9H12N6O4/c1-10-8(18)6(17)3-2-5(4-16)11-9(19)7-12-14-15-13-7/h4-5H,2-3H2,1H3,(H,10,18)(H,11,19)(H,12,13,14,15)/t5-/m0/s1. The number of likely N-dealkylation sites (N-methyl/N-ethyl adjacent to an activating group) is 1. The highest BCUT2D eigenvalue weighted by Gasteiger charge is 2.19. The van der Waals surface area contributed by atoms with E-state index in [1.54, 1.807) is 0 Å². The number of hydrogen-bond donors (Lipinski definition) is 3. The maximum atomic E-state index is 11.5. The lowest BCUT2D eigenvalue weighted by Gasteiger charge is -2.10. The van der Waals surface area contributed by atoms with Crippen molar-refractivity contribution in [1.82, 2.24) is 31.3 Å². The highest BCUT2D eigenvalue weighted by Crippen LogP contribution is 1.98. The van der Waals surface area contributed by atoms with Crippen LogP contribution in [0.1, 0.15) is 23.5 Å². The van der Waals surface area contributed by atoms with E-state index in [9.17, 15) is 19.2 Å². The maximum Gasteiger partial charge on any atom is 0.293 e. The fraction of sp³-hybridized carbons (Fsp3) is 0.444. The summed E-state index contributed by atoms with van der Waals surface area (Å²) in [5.41, 5.74) is 0. The lowest BCUT2D eigenvalue weighted by atomic mass is 10.1. The van der Waals surface area contributed by atoms with Gasteiger partial charge in [0.05, 0.1) is 6.04 Å². The Hall–Kier alpha value is -2.65. The van der Waals surface area contributed by atoms with Crippen molar-refractivity contribution >= 4 is 23.9 Å². The summed E-state index contributed by atoms with van der Waals surface area (Å²) < 4.78 is 0. The molecule has 0 aliphatic heterocycles. The fourth-order valence-corrected chi connectivity index (χ4v) is 1.20. The van der Waals surface area contributed by atoms with Gasteiger partial charge in [-0.05, 0) is 11.6 Å². The Kier molecular flexibility index (Phi) is 5.26. The molecule has 0 unspecified atom stereocenters. The minimum absolute atomic E-state index is 0.0132. The summed E-state index contributed by atoms with van der Waals surface area (Å²) >= 11 is 0. The summed E-state index contributed by atoms with van der Waals surface area (Å²) in [5, 5.41) is 16.6. The van der Waals surface area contributed by atoms with Gasteiger partial charge >= 0.3 is 0 Å². The van der Waals surface area contributed by atoms with E-state index in [0.29, 0.717) is 6.29 Å². The third-order valence-electron chi connectivity index (χ3n) is 2.19. The number of aldehydes is 1. The zero-order valence-electron chi connectivity index (χ0n) is 10.0. The second kappa shape index (κ2) is 6.93. The molecule has 3 N–H and O–H groups in total. The number of H-pyrrole nitrogens is 1. The van der Waals surface area contributed by atoms with Crippen molar-refractivity contribution in [1.29, 1.82) is 0 Å². The molecule has 0 saturated carbocycles. The first kappa shape index (κ1) is 14.4. The summed E-state index contributed by atoms with van der Waals surface area (Å²) in [6, 6.07) is -0.903. The lowest BCUT2D eigenvalue weighted by molar-refractivity contribution is -0.137. The molecule has 1 heterocycles. The number of carbonyl (C=O) groups excluding carboxylic acids is 4. The largest absolute Gasteiger partial charge is 0.353 e. The molecule has 2 amide bonds. The molecule has 10 nitrogen and oxygen atoms in total. The zero-order valence-corrected chi connectivity index (χ0v) is 10.0. The highest BCUT2D eigenvalue weighted by atomic mass is 16.2. The molecule has 1 rings (SSSR count). The average molecular weight is 268 g/mol. The minimum atomic E-state index is -0.903. The molecule has 0 aromatic carbocycles. The Balaban J connectivity index is 2.46. The Morgan fingerprint density at radius 1 is 1.42 bits per heavy atom. The molecule has 0 fully saturated rings. The number of hydrogen-bond acceptors (Lipinski definition) is 7. The molecule has 10 heteroatoms. The predicted molar refractivity (Wildman–Crippen MR) is 59.8 cm³/mol. The van der Waals surface area contributed by atoms with Crippen LogP contribution >= 0.6 is 0 Å². The van der Waals surface area contributed by atoms with E-state index in [0.717, 1.165) is 0 Å². The van der Waals surface area contributed by atoms with E-state index in [2.05, 4.69) is 31.3 Å². The number of tetrazole rings is 1. The van der Waals surface area contributed by atoms with Gasteiger partial charge in [0.15, 0.2) is 0 Å². The molecule has 0 aliphatic rings. The predicted octanol–water partition coefficient (Wildman–Crippen LogP) is -2.41. The van der Waals surface area contributed by atoms with Crippen LogP contribution in [0, 0.1) is 0 Å². The average Bonchev–Trinajstić information content (AvgIpc) is 2.95. The number of nitrogens with one attached hydrogen (secondary N) is 3. The van der Waals surface area contributed by atoms with Gasteiger partial charge in [-0.25, -0.2) is 0 Å². The number of Topliss-reactive ketones (excluding diaryl/α,β-unsaturated/α-hetero) is 1. The number of amides is 2. The lowest BCUT2D eigenvalue weighted by Crippen LogP contribution is -2.38. The number of nitrogens with zero attached hydrogens (tertiary/aromatic N) is 3. The van der Waals surface area contributed by atoms with Crippen molar-refractivity contribution in [3.63, 3.8) is 0 Å². The van der Waals surface area contributed by atoms with Gasteiger partial charge in [0.1, 0.15) is 6.29 Å². The van der Waals surface area contributed by atoms with Crippen molar-refractivity contribution in [2.75, 3.05) is 7.05 Å². The maximum absolute atomic E-state index is 11.5. The number of ketones is 1. The normalized spacial score (nSPS) is 11.4. The van der Waals surface area contributed by atoms with E-state index >= 15 is 0 Å². The summed E-state index contributed by atoms with van der Waals surface area (Å²) in [7, 11) is 1.33. The monoisotopic (exact) mass is 268 g/mol. The summed E-state index contributed by atoms with van der Waals surface area (Å²) in [6.07, 6.45) is 0.323.